The maximum Gasteiger partial charge on any atom is 0.120 e. The third-order valence-electron chi connectivity index (χ3n) is 3.97. The quantitative estimate of drug-likeness (QED) is 0.396. The molecular weight excluding hydrogens is 342 g/mol. The van der Waals surface area contributed by atoms with Crippen molar-refractivity contribution in [1.29, 1.82) is 5.26 Å². The fraction of sp³-hybridized carbons (Fsp3) is 0.0870. The Morgan fingerprint density at radius 2 is 1.77 bits per heavy atom. The van der Waals surface area contributed by atoms with Gasteiger partial charge >= 0.3 is 0 Å². The minimum absolute atomic E-state index is 0.510. The molecular formula is C23H18ClNO. The van der Waals surface area contributed by atoms with Crippen molar-refractivity contribution in [2.75, 3.05) is 0 Å². The van der Waals surface area contributed by atoms with Crippen molar-refractivity contribution in [3.63, 3.8) is 0 Å². The van der Waals surface area contributed by atoms with Crippen molar-refractivity contribution in [2.24, 2.45) is 0 Å². The van der Waals surface area contributed by atoms with Crippen molar-refractivity contribution >= 4 is 23.3 Å². The van der Waals surface area contributed by atoms with Gasteiger partial charge in [-0.3, -0.25) is 0 Å². The number of hydrogen-bond acceptors (Lipinski definition) is 2. The average Bonchev–Trinajstić information content (AvgIpc) is 2.67. The fourth-order valence-corrected chi connectivity index (χ4v) is 2.65. The molecule has 0 spiro atoms. The molecule has 0 atom stereocenters. The van der Waals surface area contributed by atoms with E-state index in [0.29, 0.717) is 17.2 Å². The largest absolute Gasteiger partial charge is 0.489 e. The van der Waals surface area contributed by atoms with Gasteiger partial charge in [0.15, 0.2) is 0 Å². The third-order valence-corrected chi connectivity index (χ3v) is 4.22. The van der Waals surface area contributed by atoms with E-state index >= 15 is 0 Å². The van der Waals surface area contributed by atoms with E-state index in [4.69, 9.17) is 16.3 Å². The van der Waals surface area contributed by atoms with Gasteiger partial charge in [0.05, 0.1) is 11.6 Å². The zero-order valence-electron chi connectivity index (χ0n) is 14.4. The molecule has 3 aromatic rings. The second kappa shape index (κ2) is 8.38. The molecule has 0 radical (unpaired) electrons. The predicted octanol–water partition coefficient (Wildman–Crippen LogP) is 6.29. The van der Waals surface area contributed by atoms with Gasteiger partial charge < -0.3 is 4.74 Å². The van der Waals surface area contributed by atoms with Crippen LogP contribution in [-0.4, -0.2) is 0 Å². The van der Waals surface area contributed by atoms with E-state index in [1.54, 1.807) is 12.1 Å². The number of halogens is 1. The Morgan fingerprint density at radius 3 is 2.46 bits per heavy atom. The highest BCUT2D eigenvalue weighted by molar-refractivity contribution is 6.30. The number of nitriles is 1. The van der Waals surface area contributed by atoms with Gasteiger partial charge in [-0.15, -0.1) is 0 Å². The van der Waals surface area contributed by atoms with Crippen LogP contribution in [0.1, 0.15) is 22.3 Å². The SMILES string of the molecule is Cc1ccc(COc2cccc(/C=C(/C#N)c3ccc(Cl)cc3)c2)cc1. The van der Waals surface area contributed by atoms with Crippen molar-refractivity contribution in [3.05, 3.63) is 100 Å². The second-order valence-electron chi connectivity index (χ2n) is 6.02. The average molecular weight is 360 g/mol. The van der Waals surface area contributed by atoms with Gasteiger partial charge in [-0.25, -0.2) is 0 Å². The van der Waals surface area contributed by atoms with Crippen LogP contribution in [0.25, 0.3) is 11.6 Å². The van der Waals surface area contributed by atoms with Gasteiger partial charge in [0.2, 0.25) is 0 Å². The summed E-state index contributed by atoms with van der Waals surface area (Å²) in [4.78, 5) is 0. The minimum atomic E-state index is 0.510. The van der Waals surface area contributed by atoms with Crippen LogP contribution in [0, 0.1) is 18.3 Å². The molecule has 0 bridgehead atoms. The molecule has 0 aromatic heterocycles. The Kier molecular flexibility index (Phi) is 5.73. The Morgan fingerprint density at radius 1 is 1.04 bits per heavy atom. The normalized spacial score (nSPS) is 11.0. The Bertz CT molecular complexity index is 951. The van der Waals surface area contributed by atoms with E-state index in [1.165, 1.54) is 5.56 Å². The van der Waals surface area contributed by atoms with Crippen LogP contribution in [0.15, 0.2) is 72.8 Å². The Labute approximate surface area is 158 Å². The van der Waals surface area contributed by atoms with E-state index in [2.05, 4.69) is 37.3 Å². The molecule has 26 heavy (non-hydrogen) atoms. The highest BCUT2D eigenvalue weighted by Gasteiger charge is 2.03. The molecule has 0 aliphatic carbocycles. The summed E-state index contributed by atoms with van der Waals surface area (Å²) in [6.07, 6.45) is 1.85. The van der Waals surface area contributed by atoms with Gasteiger partial charge in [-0.05, 0) is 54.0 Å². The zero-order valence-corrected chi connectivity index (χ0v) is 15.2. The molecule has 0 saturated carbocycles. The standard InChI is InChI=1S/C23H18ClNO/c1-17-5-7-18(8-6-17)16-26-23-4-2-3-19(14-23)13-21(15-25)20-9-11-22(24)12-10-20/h2-14H,16H2,1H3/b21-13-. The lowest BCUT2D eigenvalue weighted by Gasteiger charge is -2.08. The fourth-order valence-electron chi connectivity index (χ4n) is 2.52. The molecule has 0 amide bonds. The van der Waals surface area contributed by atoms with Gasteiger partial charge in [0.25, 0.3) is 0 Å². The first-order valence-electron chi connectivity index (χ1n) is 8.30. The topological polar surface area (TPSA) is 33.0 Å². The van der Waals surface area contributed by atoms with E-state index in [9.17, 15) is 5.26 Å². The summed E-state index contributed by atoms with van der Waals surface area (Å²) >= 11 is 5.92. The predicted molar refractivity (Wildman–Crippen MR) is 107 cm³/mol. The van der Waals surface area contributed by atoms with Crippen LogP contribution in [0.5, 0.6) is 5.75 Å². The van der Waals surface area contributed by atoms with Crippen LogP contribution in [0.4, 0.5) is 0 Å². The van der Waals surface area contributed by atoms with Crippen molar-refractivity contribution < 1.29 is 4.74 Å². The first-order valence-corrected chi connectivity index (χ1v) is 8.68. The molecule has 0 heterocycles. The lowest BCUT2D eigenvalue weighted by Crippen LogP contribution is -1.95. The first-order chi connectivity index (χ1) is 12.6. The molecule has 0 saturated heterocycles. The molecule has 0 fully saturated rings. The molecule has 0 N–H and O–H groups in total. The van der Waals surface area contributed by atoms with Gasteiger partial charge in [0.1, 0.15) is 12.4 Å². The number of nitrogens with zero attached hydrogens (tertiary/aromatic N) is 1. The Hall–Kier alpha value is -3.02. The minimum Gasteiger partial charge on any atom is -0.489 e. The van der Waals surface area contributed by atoms with Crippen LogP contribution in [0.3, 0.4) is 0 Å². The maximum atomic E-state index is 9.47. The molecule has 0 aliphatic heterocycles. The third kappa shape index (κ3) is 4.75. The summed E-state index contributed by atoms with van der Waals surface area (Å²) in [6.45, 7) is 2.57. The van der Waals surface area contributed by atoms with Gasteiger partial charge in [-0.1, -0.05) is 65.7 Å². The Balaban J connectivity index is 1.76. The van der Waals surface area contributed by atoms with Crippen LogP contribution in [0.2, 0.25) is 5.02 Å². The van der Waals surface area contributed by atoms with Crippen LogP contribution < -0.4 is 4.74 Å². The number of hydrogen-bond donors (Lipinski definition) is 0. The smallest absolute Gasteiger partial charge is 0.120 e. The summed E-state index contributed by atoms with van der Waals surface area (Å²) in [5, 5.41) is 10.1. The van der Waals surface area contributed by atoms with E-state index < -0.39 is 0 Å². The number of benzene rings is 3. The summed E-state index contributed by atoms with van der Waals surface area (Å²) in [6, 6.07) is 25.5. The van der Waals surface area contributed by atoms with Crippen LogP contribution in [-0.2, 0) is 6.61 Å². The van der Waals surface area contributed by atoms with E-state index in [-0.39, 0.29) is 0 Å². The highest BCUT2D eigenvalue weighted by atomic mass is 35.5. The van der Waals surface area contributed by atoms with E-state index in [1.807, 2.05) is 42.5 Å². The summed E-state index contributed by atoms with van der Waals surface area (Å²) in [7, 11) is 0. The molecule has 2 nitrogen and oxygen atoms in total. The molecule has 3 rings (SSSR count). The van der Waals surface area contributed by atoms with Crippen molar-refractivity contribution in [3.8, 4) is 11.8 Å². The molecule has 0 unspecified atom stereocenters. The van der Waals surface area contributed by atoms with Crippen LogP contribution >= 0.6 is 11.6 Å². The highest BCUT2D eigenvalue weighted by Crippen LogP contribution is 2.22. The molecule has 3 heteroatoms. The number of rotatable bonds is 5. The number of aryl methyl sites for hydroxylation is 1. The summed E-state index contributed by atoms with van der Waals surface area (Å²) in [5.41, 5.74) is 4.68. The van der Waals surface area contributed by atoms with Gasteiger partial charge in [0, 0.05) is 5.02 Å². The lowest BCUT2D eigenvalue weighted by atomic mass is 10.0. The molecule has 128 valence electrons. The molecule has 0 aliphatic rings. The van der Waals surface area contributed by atoms with Gasteiger partial charge in [-0.2, -0.15) is 5.26 Å². The number of allylic oxidation sites excluding steroid dienone is 1. The second-order valence-corrected chi connectivity index (χ2v) is 6.46. The number of ether oxygens (including phenoxy) is 1. The lowest BCUT2D eigenvalue weighted by molar-refractivity contribution is 0.306. The van der Waals surface area contributed by atoms with Crippen molar-refractivity contribution in [2.45, 2.75) is 13.5 Å². The first kappa shape index (κ1) is 17.8. The monoisotopic (exact) mass is 359 g/mol. The maximum absolute atomic E-state index is 9.47. The summed E-state index contributed by atoms with van der Waals surface area (Å²) in [5.74, 6) is 0.771. The summed E-state index contributed by atoms with van der Waals surface area (Å²) < 4.78 is 5.88. The molecule has 3 aromatic carbocycles. The zero-order chi connectivity index (χ0) is 18.4. The van der Waals surface area contributed by atoms with Crippen molar-refractivity contribution in [1.82, 2.24) is 0 Å². The van der Waals surface area contributed by atoms with E-state index in [0.717, 1.165) is 22.4 Å².